The van der Waals surface area contributed by atoms with Crippen molar-refractivity contribution in [2.75, 3.05) is 0 Å². The van der Waals surface area contributed by atoms with Crippen LogP contribution in [0.2, 0.25) is 18.1 Å². The molecule has 0 radical (unpaired) electrons. The second-order valence-corrected chi connectivity index (χ2v) is 12.9. The van der Waals surface area contributed by atoms with Crippen molar-refractivity contribution < 1.29 is 14.0 Å². The second-order valence-electron chi connectivity index (χ2n) is 7.16. The van der Waals surface area contributed by atoms with Crippen molar-refractivity contribution in [2.45, 2.75) is 69.7 Å². The number of carbonyl (C=O) groups excluding carboxylic acids is 2. The maximum absolute atomic E-state index is 11.8. The monoisotopic (exact) mass is 363 g/mol. The van der Waals surface area contributed by atoms with Gasteiger partial charge in [-0.2, -0.15) is 0 Å². The highest BCUT2D eigenvalue weighted by atomic mass is 79.9. The molecule has 0 bridgehead atoms. The third kappa shape index (κ3) is 3.51. The number of nitrogens with one attached hydrogen (secondary N) is 1. The van der Waals surface area contributed by atoms with Crippen molar-refractivity contribution in [3.05, 3.63) is 0 Å². The molecule has 1 rings (SSSR count). The van der Waals surface area contributed by atoms with E-state index in [9.17, 15) is 9.59 Å². The highest BCUT2D eigenvalue weighted by Gasteiger charge is 2.50. The number of hydrogen-bond acceptors (Lipinski definition) is 3. The van der Waals surface area contributed by atoms with Gasteiger partial charge in [-0.1, -0.05) is 36.7 Å². The van der Waals surface area contributed by atoms with Crippen LogP contribution in [0.15, 0.2) is 0 Å². The van der Waals surface area contributed by atoms with Gasteiger partial charge in [-0.05, 0) is 32.0 Å². The summed E-state index contributed by atoms with van der Waals surface area (Å²) in [4.78, 5) is 23.0. The van der Waals surface area contributed by atoms with E-state index in [0.717, 1.165) is 0 Å². The molecule has 0 aromatic heterocycles. The van der Waals surface area contributed by atoms with Crippen molar-refractivity contribution in [1.29, 1.82) is 0 Å². The molecule has 1 aliphatic rings. The SMILES string of the molecule is CC(=O)C(Br)[C@@H]1NC(=O)[C@@H]1[C@@H](C)O[Si](C)(C)C(C)(C)C. The summed E-state index contributed by atoms with van der Waals surface area (Å²) in [6, 6.07) is -0.167. The number of alkyl halides is 1. The summed E-state index contributed by atoms with van der Waals surface area (Å²) in [5.41, 5.74) is 0. The third-order valence-corrected chi connectivity index (χ3v) is 10.3. The van der Waals surface area contributed by atoms with Crippen molar-refractivity contribution in [3.63, 3.8) is 0 Å². The number of halogens is 1. The van der Waals surface area contributed by atoms with Crippen LogP contribution in [-0.2, 0) is 14.0 Å². The van der Waals surface area contributed by atoms with Crippen LogP contribution in [0.5, 0.6) is 0 Å². The van der Waals surface area contributed by atoms with Gasteiger partial charge in [0.15, 0.2) is 8.32 Å². The lowest BCUT2D eigenvalue weighted by molar-refractivity contribution is -0.140. The van der Waals surface area contributed by atoms with E-state index >= 15 is 0 Å². The Balaban J connectivity index is 2.78. The molecule has 0 aromatic rings. The summed E-state index contributed by atoms with van der Waals surface area (Å²) in [6.45, 7) is 14.3. The highest BCUT2D eigenvalue weighted by molar-refractivity contribution is 9.10. The number of carbonyl (C=O) groups is 2. The summed E-state index contributed by atoms with van der Waals surface area (Å²) in [7, 11) is -1.91. The van der Waals surface area contributed by atoms with E-state index < -0.39 is 8.32 Å². The number of ketones is 1. The Hall–Kier alpha value is -0.203. The fourth-order valence-electron chi connectivity index (χ4n) is 2.15. The number of hydrogen-bond donors (Lipinski definition) is 1. The average Bonchev–Trinajstić information content (AvgIpc) is 2.21. The van der Waals surface area contributed by atoms with Gasteiger partial charge in [0.1, 0.15) is 5.78 Å². The average molecular weight is 364 g/mol. The molecule has 4 atom stereocenters. The minimum absolute atomic E-state index is 0.0214. The van der Waals surface area contributed by atoms with E-state index in [0.29, 0.717) is 0 Å². The predicted octanol–water partition coefficient (Wildman–Crippen LogP) is 2.86. The van der Waals surface area contributed by atoms with Crippen molar-refractivity contribution in [3.8, 4) is 0 Å². The van der Waals surface area contributed by atoms with Crippen molar-refractivity contribution >= 4 is 35.9 Å². The van der Waals surface area contributed by atoms with Gasteiger partial charge in [0.05, 0.1) is 22.9 Å². The van der Waals surface area contributed by atoms with Gasteiger partial charge in [-0.3, -0.25) is 9.59 Å². The quantitative estimate of drug-likeness (QED) is 0.464. The van der Waals surface area contributed by atoms with Crippen LogP contribution in [0, 0.1) is 5.92 Å². The normalized spacial score (nSPS) is 26.5. The zero-order chi connectivity index (χ0) is 15.9. The molecule has 4 nitrogen and oxygen atoms in total. The third-order valence-electron chi connectivity index (χ3n) is 4.49. The van der Waals surface area contributed by atoms with Gasteiger partial charge in [0, 0.05) is 0 Å². The lowest BCUT2D eigenvalue weighted by Gasteiger charge is -2.46. The summed E-state index contributed by atoms with van der Waals surface area (Å²) in [6.07, 6.45) is -0.172. The summed E-state index contributed by atoms with van der Waals surface area (Å²) in [5.74, 6) is -0.246. The van der Waals surface area contributed by atoms with E-state index in [1.807, 2.05) is 6.92 Å². The van der Waals surface area contributed by atoms with Crippen LogP contribution >= 0.6 is 15.9 Å². The summed E-state index contributed by atoms with van der Waals surface area (Å²) < 4.78 is 6.28. The smallest absolute Gasteiger partial charge is 0.228 e. The van der Waals surface area contributed by atoms with Crippen molar-refractivity contribution in [1.82, 2.24) is 5.32 Å². The molecular weight excluding hydrogens is 338 g/mol. The molecule has 1 N–H and O–H groups in total. The first-order valence-corrected chi connectivity index (χ1v) is 10.8. The van der Waals surface area contributed by atoms with Crippen molar-refractivity contribution in [2.24, 2.45) is 5.92 Å². The molecule has 1 saturated heterocycles. The molecule has 1 amide bonds. The molecule has 20 heavy (non-hydrogen) atoms. The lowest BCUT2D eigenvalue weighted by Crippen LogP contribution is -2.67. The van der Waals surface area contributed by atoms with Gasteiger partial charge in [0.2, 0.25) is 5.91 Å². The number of rotatable bonds is 5. The van der Waals surface area contributed by atoms with Crippen LogP contribution in [0.3, 0.4) is 0 Å². The van der Waals surface area contributed by atoms with E-state index in [1.165, 1.54) is 6.92 Å². The van der Waals surface area contributed by atoms with Gasteiger partial charge in [-0.15, -0.1) is 0 Å². The molecule has 6 heteroatoms. The number of Topliss-reactive ketones (excluding diaryl/α,β-unsaturated/α-hetero) is 1. The lowest BCUT2D eigenvalue weighted by atomic mass is 9.83. The molecular formula is C14H26BrNO3Si. The molecule has 1 unspecified atom stereocenters. The topological polar surface area (TPSA) is 55.4 Å². The summed E-state index contributed by atoms with van der Waals surface area (Å²) >= 11 is 3.37. The number of β-lactam (4-membered cyclic amide) rings is 1. The molecule has 0 aromatic carbocycles. The molecule has 1 fully saturated rings. The van der Waals surface area contributed by atoms with Crippen LogP contribution in [0.4, 0.5) is 0 Å². The van der Waals surface area contributed by atoms with Gasteiger partial charge in [0.25, 0.3) is 0 Å². The van der Waals surface area contributed by atoms with Crippen LogP contribution < -0.4 is 5.32 Å². The van der Waals surface area contributed by atoms with E-state index in [4.69, 9.17) is 4.43 Å². The van der Waals surface area contributed by atoms with E-state index in [1.54, 1.807) is 0 Å². The Bertz CT molecular complexity index is 406. The predicted molar refractivity (Wildman–Crippen MR) is 86.6 cm³/mol. The first kappa shape index (κ1) is 17.8. The molecule has 0 spiro atoms. The Morgan fingerprint density at radius 3 is 2.25 bits per heavy atom. The Labute approximate surface area is 131 Å². The Morgan fingerprint density at radius 2 is 1.90 bits per heavy atom. The molecule has 1 aliphatic heterocycles. The van der Waals surface area contributed by atoms with E-state index in [2.05, 4.69) is 55.1 Å². The first-order chi connectivity index (χ1) is 8.88. The minimum Gasteiger partial charge on any atom is -0.413 e. The molecule has 116 valence electrons. The fourth-order valence-corrected chi connectivity index (χ4v) is 4.04. The largest absolute Gasteiger partial charge is 0.413 e. The van der Waals surface area contributed by atoms with Crippen LogP contribution in [0.1, 0.15) is 34.6 Å². The second kappa shape index (κ2) is 5.89. The highest BCUT2D eigenvalue weighted by Crippen LogP contribution is 2.39. The standard InChI is InChI=1S/C14H26BrNO3Si/c1-8(17)11(15)12-10(13(18)16-12)9(2)19-20(6,7)14(3,4)5/h9-12H,1-7H3,(H,16,18)/t9-,10-,11?,12-/m1/s1. The maximum atomic E-state index is 11.8. The van der Waals surface area contributed by atoms with Crippen LogP contribution in [0.25, 0.3) is 0 Å². The maximum Gasteiger partial charge on any atom is 0.228 e. The zero-order valence-electron chi connectivity index (χ0n) is 13.4. The van der Waals surface area contributed by atoms with Gasteiger partial charge in [-0.25, -0.2) is 0 Å². The molecule has 1 heterocycles. The fraction of sp³-hybridized carbons (Fsp3) is 0.857. The Morgan fingerprint density at radius 1 is 1.40 bits per heavy atom. The van der Waals surface area contributed by atoms with Crippen LogP contribution in [-0.4, -0.2) is 37.0 Å². The minimum atomic E-state index is -1.91. The first-order valence-electron chi connectivity index (χ1n) is 7.01. The Kier molecular flexibility index (Phi) is 5.25. The van der Waals surface area contributed by atoms with Gasteiger partial charge >= 0.3 is 0 Å². The molecule has 0 saturated carbocycles. The van der Waals surface area contributed by atoms with Gasteiger partial charge < -0.3 is 9.74 Å². The molecule has 0 aliphatic carbocycles. The zero-order valence-corrected chi connectivity index (χ0v) is 16.0. The van der Waals surface area contributed by atoms with E-state index in [-0.39, 0.29) is 39.6 Å². The number of amides is 1. The summed E-state index contributed by atoms with van der Waals surface area (Å²) in [5, 5.41) is 2.91.